The van der Waals surface area contributed by atoms with Gasteiger partial charge in [0.15, 0.2) is 0 Å². The lowest BCUT2D eigenvalue weighted by Crippen LogP contribution is -2.28. The average Bonchev–Trinajstić information content (AvgIpc) is 2.97. The third-order valence-electron chi connectivity index (χ3n) is 3.31. The summed E-state index contributed by atoms with van der Waals surface area (Å²) in [5.41, 5.74) is 5.84. The first-order valence-electron chi connectivity index (χ1n) is 6.19. The molecule has 1 aromatic carbocycles. The van der Waals surface area contributed by atoms with Crippen LogP contribution >= 0.6 is 0 Å². The molecule has 1 atom stereocenters. The van der Waals surface area contributed by atoms with E-state index in [1.807, 2.05) is 31.2 Å². The molecule has 0 bridgehead atoms. The fourth-order valence-corrected chi connectivity index (χ4v) is 2.29. The van der Waals surface area contributed by atoms with Crippen LogP contribution in [0.5, 0.6) is 0 Å². The topological polar surface area (TPSA) is 64.3 Å². The van der Waals surface area contributed by atoms with Gasteiger partial charge in [-0.1, -0.05) is 11.6 Å². The Balaban J connectivity index is 2.09. The summed E-state index contributed by atoms with van der Waals surface area (Å²) in [5.74, 6) is 7.17. The van der Waals surface area contributed by atoms with E-state index in [0.717, 1.165) is 28.1 Å². The molecule has 0 radical (unpaired) electrons. The molecule has 2 heterocycles. The van der Waals surface area contributed by atoms with E-state index < -0.39 is 0 Å². The summed E-state index contributed by atoms with van der Waals surface area (Å²) >= 11 is 0. The molecule has 3 rings (SSSR count). The highest BCUT2D eigenvalue weighted by molar-refractivity contribution is 5.78. The molecule has 4 heteroatoms. The molecule has 1 unspecified atom stereocenters. The predicted octanol–water partition coefficient (Wildman–Crippen LogP) is 3.20. The van der Waals surface area contributed by atoms with Gasteiger partial charge in [0.25, 0.3) is 0 Å². The molecule has 98 valence electrons. The summed E-state index contributed by atoms with van der Waals surface area (Å²) < 4.78 is 11.3. The van der Waals surface area contributed by atoms with E-state index in [1.54, 1.807) is 6.26 Å². The first kappa shape index (κ1) is 12.0. The van der Waals surface area contributed by atoms with Crippen molar-refractivity contribution >= 4 is 11.0 Å². The average molecular weight is 256 g/mol. The van der Waals surface area contributed by atoms with E-state index in [-0.39, 0.29) is 6.04 Å². The van der Waals surface area contributed by atoms with E-state index in [9.17, 15) is 0 Å². The van der Waals surface area contributed by atoms with Crippen LogP contribution in [-0.2, 0) is 0 Å². The quantitative estimate of drug-likeness (QED) is 0.558. The van der Waals surface area contributed by atoms with E-state index in [0.29, 0.717) is 0 Å². The second-order valence-corrected chi connectivity index (χ2v) is 4.76. The first-order valence-corrected chi connectivity index (χ1v) is 6.19. The zero-order chi connectivity index (χ0) is 13.4. The van der Waals surface area contributed by atoms with Gasteiger partial charge in [0.2, 0.25) is 0 Å². The van der Waals surface area contributed by atoms with Crippen LogP contribution < -0.4 is 11.3 Å². The zero-order valence-electron chi connectivity index (χ0n) is 10.9. The summed E-state index contributed by atoms with van der Waals surface area (Å²) in [7, 11) is 0. The van der Waals surface area contributed by atoms with Crippen molar-refractivity contribution in [3.05, 3.63) is 59.2 Å². The van der Waals surface area contributed by atoms with E-state index in [4.69, 9.17) is 14.7 Å². The maximum Gasteiger partial charge on any atom is 0.137 e. The van der Waals surface area contributed by atoms with Crippen LogP contribution in [0.4, 0.5) is 0 Å². The second kappa shape index (κ2) is 4.57. The number of furan rings is 2. The number of benzene rings is 1. The lowest BCUT2D eigenvalue weighted by atomic mass is 10.1. The Morgan fingerprint density at radius 1 is 1.16 bits per heavy atom. The third-order valence-corrected chi connectivity index (χ3v) is 3.31. The highest BCUT2D eigenvalue weighted by Crippen LogP contribution is 2.30. The van der Waals surface area contributed by atoms with Crippen LogP contribution in [0.3, 0.4) is 0 Å². The van der Waals surface area contributed by atoms with Gasteiger partial charge in [0.05, 0.1) is 6.26 Å². The molecule has 3 aromatic rings. The lowest BCUT2D eigenvalue weighted by Gasteiger charge is -2.11. The van der Waals surface area contributed by atoms with Gasteiger partial charge in [-0.3, -0.25) is 5.84 Å². The summed E-state index contributed by atoms with van der Waals surface area (Å²) in [5, 5.41) is 1.07. The van der Waals surface area contributed by atoms with E-state index >= 15 is 0 Å². The molecule has 19 heavy (non-hydrogen) atoms. The molecular weight excluding hydrogens is 240 g/mol. The highest BCUT2D eigenvalue weighted by Gasteiger charge is 2.21. The van der Waals surface area contributed by atoms with Gasteiger partial charge in [-0.2, -0.15) is 0 Å². The molecule has 0 aliphatic carbocycles. The van der Waals surface area contributed by atoms with Gasteiger partial charge in [-0.25, -0.2) is 5.43 Å². The van der Waals surface area contributed by atoms with Crippen molar-refractivity contribution in [3.63, 3.8) is 0 Å². The Morgan fingerprint density at radius 2 is 2.00 bits per heavy atom. The number of fused-ring (bicyclic) bond motifs is 1. The molecule has 3 N–H and O–H groups in total. The molecule has 4 nitrogen and oxygen atoms in total. The molecule has 0 aliphatic heterocycles. The Hall–Kier alpha value is -2.04. The third kappa shape index (κ3) is 2.05. The summed E-state index contributed by atoms with van der Waals surface area (Å²) in [6.45, 7) is 4.04. The fourth-order valence-electron chi connectivity index (χ4n) is 2.29. The number of rotatable bonds is 3. The van der Waals surface area contributed by atoms with Crippen LogP contribution in [0.2, 0.25) is 0 Å². The van der Waals surface area contributed by atoms with Crippen LogP contribution in [0, 0.1) is 13.8 Å². The van der Waals surface area contributed by atoms with Gasteiger partial charge < -0.3 is 8.83 Å². The van der Waals surface area contributed by atoms with Crippen molar-refractivity contribution in [1.29, 1.82) is 0 Å². The molecule has 0 spiro atoms. The van der Waals surface area contributed by atoms with Gasteiger partial charge in [-0.05, 0) is 43.7 Å². The van der Waals surface area contributed by atoms with Crippen molar-refractivity contribution in [2.75, 3.05) is 0 Å². The minimum atomic E-state index is -0.275. The monoisotopic (exact) mass is 256 g/mol. The molecule has 0 saturated carbocycles. The van der Waals surface area contributed by atoms with Crippen molar-refractivity contribution in [2.45, 2.75) is 19.9 Å². The van der Waals surface area contributed by atoms with Gasteiger partial charge in [0, 0.05) is 5.39 Å². The summed E-state index contributed by atoms with van der Waals surface area (Å²) in [4.78, 5) is 0. The van der Waals surface area contributed by atoms with E-state index in [2.05, 4.69) is 18.4 Å². The smallest absolute Gasteiger partial charge is 0.137 e. The number of nitrogens with one attached hydrogen (secondary N) is 1. The minimum absolute atomic E-state index is 0.275. The van der Waals surface area contributed by atoms with Gasteiger partial charge in [-0.15, -0.1) is 0 Å². The Bertz CT molecular complexity index is 712. The Labute approximate surface area is 111 Å². The van der Waals surface area contributed by atoms with Crippen molar-refractivity contribution in [3.8, 4) is 0 Å². The maximum absolute atomic E-state index is 5.85. The molecule has 2 aromatic heterocycles. The number of nitrogens with two attached hydrogens (primary N) is 1. The van der Waals surface area contributed by atoms with Crippen molar-refractivity contribution in [2.24, 2.45) is 5.84 Å². The Kier molecular flexibility index (Phi) is 2.89. The van der Waals surface area contributed by atoms with Crippen LogP contribution in [-0.4, -0.2) is 0 Å². The molecule has 0 saturated heterocycles. The zero-order valence-corrected chi connectivity index (χ0v) is 10.9. The molecule has 0 amide bonds. The summed E-state index contributed by atoms with van der Waals surface area (Å²) in [6.07, 6.45) is 1.65. The Morgan fingerprint density at radius 3 is 2.68 bits per heavy atom. The van der Waals surface area contributed by atoms with E-state index in [1.165, 1.54) is 5.56 Å². The van der Waals surface area contributed by atoms with Gasteiger partial charge >= 0.3 is 0 Å². The van der Waals surface area contributed by atoms with Gasteiger partial charge in [0.1, 0.15) is 23.1 Å². The normalized spacial score (nSPS) is 13.0. The number of hydrogen-bond acceptors (Lipinski definition) is 4. The second-order valence-electron chi connectivity index (χ2n) is 4.76. The predicted molar refractivity (Wildman–Crippen MR) is 73.6 cm³/mol. The fraction of sp³-hybridized carbons (Fsp3) is 0.200. The standard InChI is InChI=1S/C15H16N2O2/c1-9-3-4-12-11(7-9)8-13(19-12)14(17-16)15-10(2)5-6-18-15/h3-8,14,17H,16H2,1-2H3. The largest absolute Gasteiger partial charge is 0.467 e. The first-order chi connectivity index (χ1) is 9.19. The highest BCUT2D eigenvalue weighted by atomic mass is 16.4. The number of hydrazine groups is 1. The molecule has 0 aliphatic rings. The summed E-state index contributed by atoms with van der Waals surface area (Å²) in [6, 6.07) is 9.71. The van der Waals surface area contributed by atoms with Crippen LogP contribution in [0.25, 0.3) is 11.0 Å². The number of aryl methyl sites for hydroxylation is 2. The maximum atomic E-state index is 5.85. The van der Waals surface area contributed by atoms with Crippen LogP contribution in [0.15, 0.2) is 45.4 Å². The van der Waals surface area contributed by atoms with Crippen LogP contribution in [0.1, 0.15) is 28.7 Å². The molecular formula is C15H16N2O2. The minimum Gasteiger partial charge on any atom is -0.467 e. The SMILES string of the molecule is Cc1ccc2oc(C(NN)c3occc3C)cc2c1. The van der Waals surface area contributed by atoms with Crippen molar-refractivity contribution < 1.29 is 8.83 Å². The van der Waals surface area contributed by atoms with Crippen molar-refractivity contribution in [1.82, 2.24) is 5.43 Å². The number of hydrogen-bond donors (Lipinski definition) is 2. The lowest BCUT2D eigenvalue weighted by molar-refractivity contribution is 0.401. The molecule has 0 fully saturated rings.